The lowest BCUT2D eigenvalue weighted by atomic mass is 9.65. The number of hydrogen-bond donors (Lipinski definition) is 0. The molecule has 0 spiro atoms. The Bertz CT molecular complexity index is 275. The molecule has 1 aliphatic carbocycles. The van der Waals surface area contributed by atoms with E-state index in [1.165, 1.54) is 6.42 Å². The van der Waals surface area contributed by atoms with Crippen molar-refractivity contribution in [3.63, 3.8) is 0 Å². The largest absolute Gasteiger partial charge is 0.298 e. The van der Waals surface area contributed by atoms with Gasteiger partial charge in [-0.15, -0.1) is 0 Å². The van der Waals surface area contributed by atoms with Crippen molar-refractivity contribution in [3.05, 3.63) is 0 Å². The van der Waals surface area contributed by atoms with Gasteiger partial charge < -0.3 is 0 Å². The molecule has 2 heteroatoms. The second-order valence-electron chi connectivity index (χ2n) is 5.28. The average Bonchev–Trinajstić information content (AvgIpc) is 2.18. The Kier molecular flexibility index (Phi) is 3.90. The third-order valence-electron chi connectivity index (χ3n) is 3.76. The lowest BCUT2D eigenvalue weighted by Gasteiger charge is -2.38. The van der Waals surface area contributed by atoms with Crippen molar-refractivity contribution in [1.82, 2.24) is 0 Å². The van der Waals surface area contributed by atoms with Crippen LogP contribution in [0.15, 0.2) is 0 Å². The molecule has 2 nitrogen and oxygen atoms in total. The number of nitriles is 1. The zero-order valence-electron chi connectivity index (χ0n) is 10.0. The Hall–Kier alpha value is -0.840. The van der Waals surface area contributed by atoms with E-state index in [0.717, 1.165) is 19.3 Å². The predicted molar refractivity (Wildman–Crippen MR) is 60.1 cm³/mol. The minimum absolute atomic E-state index is 0.0968. The van der Waals surface area contributed by atoms with E-state index >= 15 is 0 Å². The summed E-state index contributed by atoms with van der Waals surface area (Å²) in [5, 5.41) is 8.93. The molecular formula is C13H21NO. The van der Waals surface area contributed by atoms with E-state index in [2.05, 4.69) is 19.9 Å². The molecular weight excluding hydrogens is 186 g/mol. The summed E-state index contributed by atoms with van der Waals surface area (Å²) in [6.45, 7) is 6.25. The van der Waals surface area contributed by atoms with Crippen LogP contribution in [-0.4, -0.2) is 5.78 Å². The third-order valence-corrected chi connectivity index (χ3v) is 3.76. The molecule has 84 valence electrons. The highest BCUT2D eigenvalue weighted by molar-refractivity contribution is 5.86. The van der Waals surface area contributed by atoms with Gasteiger partial charge in [-0.25, -0.2) is 0 Å². The number of hydrogen-bond acceptors (Lipinski definition) is 2. The zero-order chi connectivity index (χ0) is 11.5. The molecule has 0 N–H and O–H groups in total. The first-order valence-electron chi connectivity index (χ1n) is 5.96. The molecule has 1 aliphatic rings. The van der Waals surface area contributed by atoms with Gasteiger partial charge in [0.15, 0.2) is 5.78 Å². The lowest BCUT2D eigenvalue weighted by molar-refractivity contribution is -0.130. The van der Waals surface area contributed by atoms with Crippen molar-refractivity contribution >= 4 is 5.78 Å². The highest BCUT2D eigenvalue weighted by atomic mass is 16.1. The van der Waals surface area contributed by atoms with Crippen LogP contribution in [0.25, 0.3) is 0 Å². The Morgan fingerprint density at radius 1 is 1.53 bits per heavy atom. The van der Waals surface area contributed by atoms with Crippen LogP contribution in [-0.2, 0) is 4.79 Å². The van der Waals surface area contributed by atoms with Crippen molar-refractivity contribution in [2.75, 3.05) is 0 Å². The summed E-state index contributed by atoms with van der Waals surface area (Å²) >= 11 is 0. The Labute approximate surface area is 92.7 Å². The molecule has 2 unspecified atom stereocenters. The minimum atomic E-state index is -0.382. The molecule has 2 atom stereocenters. The van der Waals surface area contributed by atoms with Crippen molar-refractivity contribution in [2.45, 2.75) is 52.9 Å². The maximum atomic E-state index is 12.2. The Morgan fingerprint density at radius 3 is 2.67 bits per heavy atom. The zero-order valence-corrected chi connectivity index (χ0v) is 10.0. The summed E-state index contributed by atoms with van der Waals surface area (Å²) < 4.78 is 0. The van der Waals surface area contributed by atoms with E-state index in [0.29, 0.717) is 6.42 Å². The fourth-order valence-corrected chi connectivity index (χ4v) is 2.62. The van der Waals surface area contributed by atoms with Crippen LogP contribution in [0.2, 0.25) is 0 Å². The maximum absolute atomic E-state index is 12.2. The SMILES string of the molecule is CCC(C#N)C(=O)C1CCCCC1(C)C. The van der Waals surface area contributed by atoms with Gasteiger partial charge in [-0.1, -0.05) is 33.6 Å². The summed E-state index contributed by atoms with van der Waals surface area (Å²) in [4.78, 5) is 12.2. The number of carbonyl (C=O) groups excluding carboxylic acids is 1. The van der Waals surface area contributed by atoms with Gasteiger partial charge in [-0.3, -0.25) is 4.79 Å². The molecule has 0 bridgehead atoms. The molecule has 0 aromatic rings. The molecule has 15 heavy (non-hydrogen) atoms. The molecule has 0 aromatic heterocycles. The van der Waals surface area contributed by atoms with Crippen LogP contribution in [0, 0.1) is 28.6 Å². The molecule has 0 radical (unpaired) electrons. The summed E-state index contributed by atoms with van der Waals surface area (Å²) in [6, 6.07) is 2.14. The molecule has 1 fully saturated rings. The van der Waals surface area contributed by atoms with Crippen molar-refractivity contribution in [1.29, 1.82) is 5.26 Å². The van der Waals surface area contributed by atoms with E-state index in [-0.39, 0.29) is 23.0 Å². The quantitative estimate of drug-likeness (QED) is 0.712. The van der Waals surface area contributed by atoms with Gasteiger partial charge in [0.05, 0.1) is 6.07 Å². The highest BCUT2D eigenvalue weighted by Crippen LogP contribution is 2.42. The summed E-state index contributed by atoms with van der Waals surface area (Å²) in [6.07, 6.45) is 5.11. The molecule has 0 heterocycles. The standard InChI is InChI=1S/C13H21NO/c1-4-10(9-14)12(15)11-7-5-6-8-13(11,2)3/h10-11H,4-8H2,1-3H3. The number of rotatable bonds is 3. The monoisotopic (exact) mass is 207 g/mol. The Balaban J connectivity index is 2.77. The van der Waals surface area contributed by atoms with Crippen LogP contribution in [0.4, 0.5) is 0 Å². The fourth-order valence-electron chi connectivity index (χ4n) is 2.62. The van der Waals surface area contributed by atoms with Gasteiger partial charge in [-0.05, 0) is 24.7 Å². The van der Waals surface area contributed by atoms with Gasteiger partial charge in [0.2, 0.25) is 0 Å². The van der Waals surface area contributed by atoms with E-state index in [1.54, 1.807) is 0 Å². The average molecular weight is 207 g/mol. The smallest absolute Gasteiger partial charge is 0.153 e. The molecule has 0 aliphatic heterocycles. The van der Waals surface area contributed by atoms with Gasteiger partial charge in [0.25, 0.3) is 0 Å². The first kappa shape index (κ1) is 12.2. The molecule has 0 saturated heterocycles. The van der Waals surface area contributed by atoms with Crippen molar-refractivity contribution < 1.29 is 4.79 Å². The van der Waals surface area contributed by atoms with Crippen LogP contribution >= 0.6 is 0 Å². The van der Waals surface area contributed by atoms with E-state index < -0.39 is 0 Å². The third kappa shape index (κ3) is 2.59. The highest BCUT2D eigenvalue weighted by Gasteiger charge is 2.39. The summed E-state index contributed by atoms with van der Waals surface area (Å²) in [5.74, 6) is -0.0899. The van der Waals surface area contributed by atoms with Crippen molar-refractivity contribution in [3.8, 4) is 6.07 Å². The minimum Gasteiger partial charge on any atom is -0.298 e. The van der Waals surface area contributed by atoms with Crippen LogP contribution in [0.3, 0.4) is 0 Å². The second-order valence-corrected chi connectivity index (χ2v) is 5.28. The lowest BCUT2D eigenvalue weighted by Crippen LogP contribution is -2.37. The predicted octanol–water partition coefficient (Wildman–Crippen LogP) is 3.32. The van der Waals surface area contributed by atoms with Crippen LogP contribution in [0.1, 0.15) is 52.9 Å². The van der Waals surface area contributed by atoms with Gasteiger partial charge in [0, 0.05) is 5.92 Å². The van der Waals surface area contributed by atoms with E-state index in [1.807, 2.05) is 6.92 Å². The second kappa shape index (κ2) is 4.79. The first-order chi connectivity index (χ1) is 7.03. The number of nitrogens with zero attached hydrogens (tertiary/aromatic N) is 1. The number of carbonyl (C=O) groups is 1. The normalized spacial score (nSPS) is 26.7. The number of Topliss-reactive ketones (excluding diaryl/α,β-unsaturated/α-hetero) is 1. The van der Waals surface area contributed by atoms with Crippen LogP contribution < -0.4 is 0 Å². The van der Waals surface area contributed by atoms with Crippen LogP contribution in [0.5, 0.6) is 0 Å². The molecule has 1 saturated carbocycles. The Morgan fingerprint density at radius 2 is 2.20 bits per heavy atom. The first-order valence-corrected chi connectivity index (χ1v) is 5.96. The summed E-state index contributed by atoms with van der Waals surface area (Å²) in [5.41, 5.74) is 0.0968. The fraction of sp³-hybridized carbons (Fsp3) is 0.846. The van der Waals surface area contributed by atoms with Gasteiger partial charge >= 0.3 is 0 Å². The van der Waals surface area contributed by atoms with E-state index in [9.17, 15) is 4.79 Å². The van der Waals surface area contributed by atoms with E-state index in [4.69, 9.17) is 5.26 Å². The maximum Gasteiger partial charge on any atom is 0.153 e. The van der Waals surface area contributed by atoms with Gasteiger partial charge in [0.1, 0.15) is 5.92 Å². The number of ketones is 1. The summed E-state index contributed by atoms with van der Waals surface area (Å²) in [7, 11) is 0. The van der Waals surface area contributed by atoms with Crippen molar-refractivity contribution in [2.24, 2.45) is 17.3 Å². The molecule has 0 aromatic carbocycles. The molecule has 1 rings (SSSR count). The van der Waals surface area contributed by atoms with Gasteiger partial charge in [-0.2, -0.15) is 5.26 Å². The molecule has 0 amide bonds. The topological polar surface area (TPSA) is 40.9 Å².